The molecule has 3 aliphatic heterocycles. The highest BCUT2D eigenvalue weighted by Crippen LogP contribution is 2.48. The number of sulfonamides is 1. The number of nitrogens with zero attached hydrogens (tertiary/aromatic N) is 4. The summed E-state index contributed by atoms with van der Waals surface area (Å²) in [4.78, 5) is 29.7. The SMILES string of the molecule is CCn1ncc(C(=O)N2C[C@H]3C[C@@H]2CO3)c1C1=Cc2cc(OC)ccc2-c2c(C3CCCCC3)c3ccc(C(=O)NS(=O)(=O)C(C)C)cc3n2C1. The minimum atomic E-state index is -3.83. The number of ether oxygens (including phenoxy) is 2. The second kappa shape index (κ2) is 13.0. The van der Waals surface area contributed by atoms with Crippen molar-refractivity contribution in [1.82, 2.24) is 24.0 Å². The summed E-state index contributed by atoms with van der Waals surface area (Å²) in [6.07, 6.45) is 10.4. The fraction of sp³-hybridized carbons (Fsp3) is 0.462. The van der Waals surface area contributed by atoms with E-state index in [9.17, 15) is 18.0 Å². The summed E-state index contributed by atoms with van der Waals surface area (Å²) in [5.74, 6) is 0.353. The predicted octanol–water partition coefficient (Wildman–Crippen LogP) is 6.22. The number of aryl methyl sites for hydroxylation is 1. The number of nitrogens with one attached hydrogen (secondary N) is 1. The first-order valence-corrected chi connectivity index (χ1v) is 19.7. The van der Waals surface area contributed by atoms with Gasteiger partial charge in [-0.05, 0) is 99.1 Å². The lowest BCUT2D eigenvalue weighted by Crippen LogP contribution is -2.41. The van der Waals surface area contributed by atoms with Gasteiger partial charge in [0, 0.05) is 35.1 Å². The largest absolute Gasteiger partial charge is 0.497 e. The van der Waals surface area contributed by atoms with Crippen molar-refractivity contribution in [2.24, 2.45) is 0 Å². The van der Waals surface area contributed by atoms with Crippen molar-refractivity contribution < 1.29 is 27.5 Å². The number of hydrogen-bond donors (Lipinski definition) is 1. The number of carbonyl (C=O) groups is 2. The quantitative estimate of drug-likeness (QED) is 0.230. The number of hydrogen-bond acceptors (Lipinski definition) is 7. The number of carbonyl (C=O) groups excluding carboxylic acids is 2. The minimum absolute atomic E-state index is 0.0395. The van der Waals surface area contributed by atoms with Crippen LogP contribution in [0.15, 0.2) is 42.6 Å². The standard InChI is InChI=1S/C39H45N5O6S/c1-5-44-36(33(19-40-44)39(46)42-21-30-18-28(42)22-50-30)27-15-26-16-29(49-4)12-14-31(26)37-35(24-9-7-6-8-10-24)32-13-11-25(17-34(32)43(37)20-27)38(45)41-51(47,48)23(2)3/h11-17,19,23-24,28,30H,5-10,18,20-22H2,1-4H3,(H,41,45)/t28-,30-/m1/s1. The first-order valence-electron chi connectivity index (χ1n) is 18.2. The van der Waals surface area contributed by atoms with Gasteiger partial charge in [0.2, 0.25) is 10.0 Å². The molecule has 11 nitrogen and oxygen atoms in total. The highest BCUT2D eigenvalue weighted by atomic mass is 32.2. The van der Waals surface area contributed by atoms with Crippen LogP contribution in [0.4, 0.5) is 0 Å². The van der Waals surface area contributed by atoms with Gasteiger partial charge < -0.3 is 18.9 Å². The molecule has 2 saturated heterocycles. The Balaban J connectivity index is 1.34. The first-order chi connectivity index (χ1) is 24.6. The lowest BCUT2D eigenvalue weighted by molar-refractivity contribution is 0.0259. The summed E-state index contributed by atoms with van der Waals surface area (Å²) < 4.78 is 43.4. The van der Waals surface area contributed by atoms with Crippen LogP contribution in [0, 0.1) is 0 Å². The lowest BCUT2D eigenvalue weighted by Gasteiger charge is -2.27. The van der Waals surface area contributed by atoms with Gasteiger partial charge in [0.1, 0.15) is 5.75 Å². The minimum Gasteiger partial charge on any atom is -0.497 e. The van der Waals surface area contributed by atoms with Crippen LogP contribution >= 0.6 is 0 Å². The molecule has 2 aromatic carbocycles. The van der Waals surface area contributed by atoms with E-state index in [1.165, 1.54) is 12.0 Å². The summed E-state index contributed by atoms with van der Waals surface area (Å²) in [7, 11) is -2.17. The molecule has 51 heavy (non-hydrogen) atoms. The van der Waals surface area contributed by atoms with Gasteiger partial charge in [-0.2, -0.15) is 5.10 Å². The van der Waals surface area contributed by atoms with Crippen LogP contribution in [0.5, 0.6) is 5.75 Å². The van der Waals surface area contributed by atoms with Crippen LogP contribution in [0.2, 0.25) is 0 Å². The van der Waals surface area contributed by atoms with Crippen molar-refractivity contribution in [3.05, 3.63) is 70.5 Å². The lowest BCUT2D eigenvalue weighted by atomic mass is 9.81. The van der Waals surface area contributed by atoms with E-state index < -0.39 is 21.2 Å². The van der Waals surface area contributed by atoms with Crippen molar-refractivity contribution in [1.29, 1.82) is 0 Å². The van der Waals surface area contributed by atoms with Crippen LogP contribution in [0.1, 0.15) is 103 Å². The first kappa shape index (κ1) is 33.7. The van der Waals surface area contributed by atoms with E-state index in [1.807, 2.05) is 40.8 Å². The Morgan fingerprint density at radius 3 is 2.57 bits per heavy atom. The molecule has 8 rings (SSSR count). The third kappa shape index (κ3) is 5.76. The average molecular weight is 712 g/mol. The number of methoxy groups -OCH3 is 1. The van der Waals surface area contributed by atoms with Crippen molar-refractivity contribution in [2.45, 2.75) is 95.7 Å². The Morgan fingerprint density at radius 1 is 1.08 bits per heavy atom. The molecule has 2 amide bonds. The fourth-order valence-corrected chi connectivity index (χ4v) is 9.17. The Labute approximate surface area is 298 Å². The van der Waals surface area contributed by atoms with E-state index in [4.69, 9.17) is 14.6 Å². The van der Waals surface area contributed by atoms with Crippen LogP contribution in [0.3, 0.4) is 0 Å². The third-order valence-corrected chi connectivity index (χ3v) is 13.0. The molecule has 5 heterocycles. The van der Waals surface area contributed by atoms with Gasteiger partial charge >= 0.3 is 0 Å². The van der Waals surface area contributed by atoms with E-state index >= 15 is 0 Å². The maximum atomic E-state index is 14.3. The van der Waals surface area contributed by atoms with E-state index in [0.717, 1.165) is 76.8 Å². The monoisotopic (exact) mass is 711 g/mol. The van der Waals surface area contributed by atoms with Gasteiger partial charge in [-0.3, -0.25) is 14.3 Å². The molecule has 268 valence electrons. The van der Waals surface area contributed by atoms with Crippen LogP contribution in [0.25, 0.3) is 33.8 Å². The highest BCUT2D eigenvalue weighted by Gasteiger charge is 2.43. The summed E-state index contributed by atoms with van der Waals surface area (Å²) >= 11 is 0. The second-order valence-corrected chi connectivity index (χ2v) is 16.8. The molecular weight excluding hydrogens is 667 g/mol. The molecule has 1 N–H and O–H groups in total. The van der Waals surface area contributed by atoms with Crippen molar-refractivity contribution in [3.8, 4) is 17.0 Å². The Kier molecular flexibility index (Phi) is 8.57. The maximum absolute atomic E-state index is 14.3. The number of amides is 2. The van der Waals surface area contributed by atoms with Crippen LogP contribution in [-0.2, 0) is 27.8 Å². The Bertz CT molecular complexity index is 2190. The number of likely N-dealkylation sites (tertiary alicyclic amines) is 1. The molecule has 0 unspecified atom stereocenters. The van der Waals surface area contributed by atoms with Gasteiger partial charge in [0.15, 0.2) is 0 Å². The summed E-state index contributed by atoms with van der Waals surface area (Å²) in [5, 5.41) is 5.02. The average Bonchev–Trinajstić information content (AvgIpc) is 3.92. The Morgan fingerprint density at radius 2 is 1.88 bits per heavy atom. The Hall–Kier alpha value is -4.42. The van der Waals surface area contributed by atoms with Crippen molar-refractivity contribution in [2.75, 3.05) is 20.3 Å². The molecule has 1 aliphatic carbocycles. The molecule has 4 aromatic rings. The van der Waals surface area contributed by atoms with Gasteiger partial charge in [0.05, 0.1) is 60.8 Å². The van der Waals surface area contributed by atoms with Crippen LogP contribution < -0.4 is 9.46 Å². The number of rotatable bonds is 8. The molecule has 2 aromatic heterocycles. The second-order valence-electron chi connectivity index (χ2n) is 14.6. The van der Waals surface area contributed by atoms with Crippen molar-refractivity contribution in [3.63, 3.8) is 0 Å². The normalized spacial score (nSPS) is 20.3. The summed E-state index contributed by atoms with van der Waals surface area (Å²) in [6, 6.07) is 11.8. The van der Waals surface area contributed by atoms with Gasteiger partial charge in [-0.15, -0.1) is 0 Å². The molecular formula is C39H45N5O6S. The zero-order valence-corrected chi connectivity index (χ0v) is 30.5. The van der Waals surface area contributed by atoms with E-state index in [2.05, 4.69) is 21.4 Å². The number of benzene rings is 2. The highest BCUT2D eigenvalue weighted by molar-refractivity contribution is 7.90. The summed E-state index contributed by atoms with van der Waals surface area (Å²) in [5.41, 5.74) is 7.71. The predicted molar refractivity (Wildman–Crippen MR) is 196 cm³/mol. The van der Waals surface area contributed by atoms with Gasteiger partial charge in [0.25, 0.3) is 11.8 Å². The zero-order chi connectivity index (χ0) is 35.6. The fourth-order valence-electron chi connectivity index (χ4n) is 8.56. The number of morpholine rings is 1. The zero-order valence-electron chi connectivity index (χ0n) is 29.6. The van der Waals surface area contributed by atoms with E-state index in [-0.39, 0.29) is 23.6 Å². The molecule has 12 heteroatoms. The van der Waals surface area contributed by atoms with Gasteiger partial charge in [-0.25, -0.2) is 13.1 Å². The molecule has 2 bridgehead atoms. The molecule has 0 spiro atoms. The summed E-state index contributed by atoms with van der Waals surface area (Å²) in [6.45, 7) is 7.23. The van der Waals surface area contributed by atoms with E-state index in [1.54, 1.807) is 33.2 Å². The van der Waals surface area contributed by atoms with Crippen LogP contribution in [-0.4, -0.2) is 77.1 Å². The van der Waals surface area contributed by atoms with Crippen molar-refractivity contribution >= 4 is 44.4 Å². The van der Waals surface area contributed by atoms with Gasteiger partial charge in [-0.1, -0.05) is 25.3 Å². The number of fused-ring (bicyclic) bond motifs is 7. The topological polar surface area (TPSA) is 125 Å². The molecule has 2 atom stereocenters. The molecule has 0 radical (unpaired) electrons. The molecule has 4 aliphatic rings. The number of aromatic nitrogens is 3. The smallest absolute Gasteiger partial charge is 0.264 e. The molecule has 1 saturated carbocycles. The molecule has 3 fully saturated rings. The van der Waals surface area contributed by atoms with E-state index in [0.29, 0.717) is 37.7 Å². The third-order valence-electron chi connectivity index (χ3n) is 11.2. The maximum Gasteiger partial charge on any atom is 0.264 e. The number of allylic oxidation sites excluding steroid dienone is 1.